The lowest BCUT2D eigenvalue weighted by Gasteiger charge is -2.24. The Hall–Kier alpha value is -0.360. The zero-order valence-electron chi connectivity index (χ0n) is 11.3. The van der Waals surface area contributed by atoms with Gasteiger partial charge in [0.2, 0.25) is 0 Å². The van der Waals surface area contributed by atoms with Crippen LogP contribution in [0.3, 0.4) is 0 Å². The van der Waals surface area contributed by atoms with E-state index < -0.39 is 0 Å². The second-order valence-electron chi connectivity index (χ2n) is 4.68. The first-order valence-electron chi connectivity index (χ1n) is 6.64. The van der Waals surface area contributed by atoms with Crippen LogP contribution >= 0.6 is 22.6 Å². The standard InChI is InChI=1S/C14H23IN2O/c1-3-17(9-8-12(2)5-4-10-18)13-6-7-14(15)16-11-13/h6-7,11-12,18H,3-5,8-10H2,1-2H3. The molecule has 1 aromatic rings. The molecule has 3 nitrogen and oxygen atoms in total. The molecule has 0 amide bonds. The molecule has 0 spiro atoms. The van der Waals surface area contributed by atoms with Crippen molar-refractivity contribution in [1.29, 1.82) is 0 Å². The second-order valence-corrected chi connectivity index (χ2v) is 5.78. The van der Waals surface area contributed by atoms with E-state index in [-0.39, 0.29) is 0 Å². The zero-order valence-corrected chi connectivity index (χ0v) is 13.4. The summed E-state index contributed by atoms with van der Waals surface area (Å²) in [6.07, 6.45) is 5.14. The Bertz CT molecular complexity index is 329. The fraction of sp³-hybridized carbons (Fsp3) is 0.643. The van der Waals surface area contributed by atoms with Crippen molar-refractivity contribution < 1.29 is 5.11 Å². The highest BCUT2D eigenvalue weighted by molar-refractivity contribution is 14.1. The maximum Gasteiger partial charge on any atom is 0.101 e. The first kappa shape index (κ1) is 15.7. The number of aromatic nitrogens is 1. The molecule has 1 aromatic heterocycles. The van der Waals surface area contributed by atoms with Gasteiger partial charge in [-0.1, -0.05) is 6.92 Å². The van der Waals surface area contributed by atoms with E-state index in [0.717, 1.165) is 29.6 Å². The number of pyridine rings is 1. The molecule has 0 bridgehead atoms. The Labute approximate surface area is 124 Å². The van der Waals surface area contributed by atoms with Crippen molar-refractivity contribution in [2.45, 2.75) is 33.1 Å². The van der Waals surface area contributed by atoms with Crippen molar-refractivity contribution in [1.82, 2.24) is 4.98 Å². The lowest BCUT2D eigenvalue weighted by atomic mass is 10.0. The summed E-state index contributed by atoms with van der Waals surface area (Å²) in [4.78, 5) is 6.70. The van der Waals surface area contributed by atoms with Gasteiger partial charge in [-0.25, -0.2) is 4.98 Å². The second kappa shape index (κ2) is 8.69. The van der Waals surface area contributed by atoms with E-state index >= 15 is 0 Å². The molecule has 0 fully saturated rings. The Morgan fingerprint density at radius 2 is 2.17 bits per heavy atom. The normalized spacial score (nSPS) is 12.4. The van der Waals surface area contributed by atoms with Crippen LogP contribution in [0.4, 0.5) is 5.69 Å². The van der Waals surface area contributed by atoms with Gasteiger partial charge in [0.1, 0.15) is 3.70 Å². The van der Waals surface area contributed by atoms with Crippen molar-refractivity contribution in [3.05, 3.63) is 22.0 Å². The van der Waals surface area contributed by atoms with E-state index in [2.05, 4.69) is 52.4 Å². The average molecular weight is 362 g/mol. The number of aliphatic hydroxyl groups is 1. The van der Waals surface area contributed by atoms with Gasteiger partial charge in [0.15, 0.2) is 0 Å². The quantitative estimate of drug-likeness (QED) is 0.569. The third-order valence-corrected chi connectivity index (χ3v) is 3.84. The molecule has 1 N–H and O–H groups in total. The summed E-state index contributed by atoms with van der Waals surface area (Å²) in [5.74, 6) is 0.669. The summed E-state index contributed by atoms with van der Waals surface area (Å²) >= 11 is 2.23. The third-order valence-electron chi connectivity index (χ3n) is 3.21. The van der Waals surface area contributed by atoms with Crippen molar-refractivity contribution in [3.8, 4) is 0 Å². The molecule has 0 aliphatic carbocycles. The van der Waals surface area contributed by atoms with Gasteiger partial charge in [0.25, 0.3) is 0 Å². The highest BCUT2D eigenvalue weighted by atomic mass is 127. The molecule has 18 heavy (non-hydrogen) atoms. The van der Waals surface area contributed by atoms with Crippen LogP contribution in [0.1, 0.15) is 33.1 Å². The Balaban J connectivity index is 2.44. The highest BCUT2D eigenvalue weighted by Crippen LogP contribution is 2.17. The molecule has 1 atom stereocenters. The largest absolute Gasteiger partial charge is 0.396 e. The number of nitrogens with zero attached hydrogens (tertiary/aromatic N) is 2. The predicted octanol–water partition coefficient (Wildman–Crippen LogP) is 3.31. The molecular weight excluding hydrogens is 339 g/mol. The number of halogens is 1. The van der Waals surface area contributed by atoms with Gasteiger partial charge < -0.3 is 10.0 Å². The molecule has 0 saturated heterocycles. The maximum atomic E-state index is 8.82. The van der Waals surface area contributed by atoms with Gasteiger partial charge in [-0.05, 0) is 66.8 Å². The molecule has 1 rings (SSSR count). The van der Waals surface area contributed by atoms with Crippen LogP contribution in [0.25, 0.3) is 0 Å². The number of aliphatic hydroxyl groups excluding tert-OH is 1. The van der Waals surface area contributed by atoms with Crippen LogP contribution in [-0.2, 0) is 0 Å². The molecule has 1 unspecified atom stereocenters. The van der Waals surface area contributed by atoms with Crippen molar-refractivity contribution in [2.75, 3.05) is 24.6 Å². The third kappa shape index (κ3) is 5.52. The van der Waals surface area contributed by atoms with Gasteiger partial charge >= 0.3 is 0 Å². The molecular formula is C14H23IN2O. The molecule has 102 valence electrons. The van der Waals surface area contributed by atoms with Crippen LogP contribution in [0.5, 0.6) is 0 Å². The fourth-order valence-electron chi connectivity index (χ4n) is 1.99. The minimum atomic E-state index is 0.308. The average Bonchev–Trinajstić information content (AvgIpc) is 2.39. The monoisotopic (exact) mass is 362 g/mol. The lowest BCUT2D eigenvalue weighted by molar-refractivity contribution is 0.272. The minimum absolute atomic E-state index is 0.308. The molecule has 0 aromatic carbocycles. The number of rotatable bonds is 8. The predicted molar refractivity (Wildman–Crippen MR) is 84.9 cm³/mol. The summed E-state index contributed by atoms with van der Waals surface area (Å²) in [5, 5.41) is 8.82. The first-order valence-corrected chi connectivity index (χ1v) is 7.72. The van der Waals surface area contributed by atoms with Gasteiger partial charge in [-0.2, -0.15) is 0 Å². The van der Waals surface area contributed by atoms with E-state index in [1.807, 2.05) is 12.3 Å². The van der Waals surface area contributed by atoms with E-state index in [9.17, 15) is 0 Å². The Kier molecular flexibility index (Phi) is 7.58. The molecule has 1 heterocycles. The first-order chi connectivity index (χ1) is 8.67. The number of hydrogen-bond acceptors (Lipinski definition) is 3. The summed E-state index contributed by atoms with van der Waals surface area (Å²) in [6, 6.07) is 4.18. The molecule has 4 heteroatoms. The van der Waals surface area contributed by atoms with Gasteiger partial charge in [-0.15, -0.1) is 0 Å². The zero-order chi connectivity index (χ0) is 13.4. The topological polar surface area (TPSA) is 36.4 Å². The van der Waals surface area contributed by atoms with Crippen molar-refractivity contribution in [2.24, 2.45) is 5.92 Å². The Morgan fingerprint density at radius 1 is 1.39 bits per heavy atom. The van der Waals surface area contributed by atoms with Crippen LogP contribution in [-0.4, -0.2) is 29.8 Å². The summed E-state index contributed by atoms with van der Waals surface area (Å²) < 4.78 is 1.03. The molecule has 0 saturated carbocycles. The Morgan fingerprint density at radius 3 is 2.72 bits per heavy atom. The van der Waals surface area contributed by atoms with Crippen LogP contribution < -0.4 is 4.90 Å². The van der Waals surface area contributed by atoms with E-state index in [1.165, 1.54) is 12.1 Å². The molecule has 0 radical (unpaired) electrons. The molecule has 0 aliphatic heterocycles. The maximum absolute atomic E-state index is 8.82. The van der Waals surface area contributed by atoms with Crippen LogP contribution in [0.2, 0.25) is 0 Å². The van der Waals surface area contributed by atoms with Gasteiger partial charge in [0, 0.05) is 19.7 Å². The van der Waals surface area contributed by atoms with Crippen molar-refractivity contribution >= 4 is 28.3 Å². The smallest absolute Gasteiger partial charge is 0.101 e. The lowest BCUT2D eigenvalue weighted by Crippen LogP contribution is -2.25. The summed E-state index contributed by atoms with van der Waals surface area (Å²) in [7, 11) is 0. The van der Waals surface area contributed by atoms with E-state index in [4.69, 9.17) is 5.11 Å². The minimum Gasteiger partial charge on any atom is -0.396 e. The highest BCUT2D eigenvalue weighted by Gasteiger charge is 2.08. The van der Waals surface area contributed by atoms with E-state index in [0.29, 0.717) is 12.5 Å². The van der Waals surface area contributed by atoms with Crippen molar-refractivity contribution in [3.63, 3.8) is 0 Å². The fourth-order valence-corrected chi connectivity index (χ4v) is 2.30. The van der Waals surface area contributed by atoms with Crippen LogP contribution in [0, 0.1) is 9.62 Å². The summed E-state index contributed by atoms with van der Waals surface area (Å²) in [6.45, 7) is 6.81. The SMILES string of the molecule is CCN(CCC(C)CCCO)c1ccc(I)nc1. The van der Waals surface area contributed by atoms with E-state index in [1.54, 1.807) is 0 Å². The number of hydrogen-bond donors (Lipinski definition) is 1. The van der Waals surface area contributed by atoms with Gasteiger partial charge in [-0.3, -0.25) is 0 Å². The molecule has 0 aliphatic rings. The number of anilines is 1. The van der Waals surface area contributed by atoms with Crippen LogP contribution in [0.15, 0.2) is 18.3 Å². The van der Waals surface area contributed by atoms with Gasteiger partial charge in [0.05, 0.1) is 11.9 Å². The summed E-state index contributed by atoms with van der Waals surface area (Å²) in [5.41, 5.74) is 1.20.